The number of esters is 1. The van der Waals surface area contributed by atoms with Crippen molar-refractivity contribution in [1.82, 2.24) is 4.98 Å². The van der Waals surface area contributed by atoms with E-state index in [0.717, 1.165) is 5.69 Å². The first-order valence-corrected chi connectivity index (χ1v) is 5.68. The maximum Gasteiger partial charge on any atom is 0.338 e. The predicted octanol–water partition coefficient (Wildman–Crippen LogP) is 2.06. The van der Waals surface area contributed by atoms with E-state index in [-0.39, 0.29) is 5.97 Å². The molecule has 0 amide bonds. The van der Waals surface area contributed by atoms with Crippen LogP contribution < -0.4 is 5.73 Å². The molecule has 2 N–H and O–H groups in total. The Balaban J connectivity index is 1.86. The van der Waals surface area contributed by atoms with Gasteiger partial charge in [-0.05, 0) is 30.3 Å². The third-order valence-electron chi connectivity index (χ3n) is 2.44. The number of ether oxygens (including phenoxy) is 1. The highest BCUT2D eigenvalue weighted by atomic mass is 16.5. The highest BCUT2D eigenvalue weighted by Crippen LogP contribution is 2.08. The Hall–Kier alpha value is -2.36. The predicted molar refractivity (Wildman–Crippen MR) is 69.1 cm³/mol. The lowest BCUT2D eigenvalue weighted by Gasteiger charge is -2.05. The maximum atomic E-state index is 11.7. The topological polar surface area (TPSA) is 65.2 Å². The van der Waals surface area contributed by atoms with E-state index in [2.05, 4.69) is 4.98 Å². The lowest BCUT2D eigenvalue weighted by atomic mass is 10.2. The fourth-order valence-electron chi connectivity index (χ4n) is 1.54. The van der Waals surface area contributed by atoms with E-state index in [1.54, 1.807) is 30.5 Å². The van der Waals surface area contributed by atoms with Gasteiger partial charge in [0.05, 0.1) is 12.2 Å². The number of nitrogens with zero attached hydrogens (tertiary/aromatic N) is 1. The number of benzene rings is 1. The van der Waals surface area contributed by atoms with E-state index in [9.17, 15) is 4.79 Å². The number of rotatable bonds is 4. The van der Waals surface area contributed by atoms with Crippen LogP contribution in [0.4, 0.5) is 5.69 Å². The van der Waals surface area contributed by atoms with Crippen molar-refractivity contribution in [3.8, 4) is 0 Å². The number of carbonyl (C=O) groups excluding carboxylic acids is 1. The Kier molecular flexibility index (Phi) is 3.91. The molecule has 0 bridgehead atoms. The molecular formula is C14H14N2O2. The summed E-state index contributed by atoms with van der Waals surface area (Å²) in [6.45, 7) is 0.310. The summed E-state index contributed by atoms with van der Waals surface area (Å²) in [6.07, 6.45) is 2.32. The van der Waals surface area contributed by atoms with Gasteiger partial charge in [-0.15, -0.1) is 0 Å². The molecule has 4 heteroatoms. The molecule has 92 valence electrons. The van der Waals surface area contributed by atoms with Gasteiger partial charge in [0.2, 0.25) is 0 Å². The first-order valence-electron chi connectivity index (χ1n) is 5.68. The normalized spacial score (nSPS) is 10.0. The molecular weight excluding hydrogens is 228 g/mol. The summed E-state index contributed by atoms with van der Waals surface area (Å²) < 4.78 is 5.15. The van der Waals surface area contributed by atoms with E-state index in [4.69, 9.17) is 10.5 Å². The molecule has 2 aromatic rings. The second-order valence-corrected chi connectivity index (χ2v) is 3.83. The minimum absolute atomic E-state index is 0.310. The first kappa shape index (κ1) is 12.1. The zero-order valence-electron chi connectivity index (χ0n) is 9.87. The van der Waals surface area contributed by atoms with Gasteiger partial charge in [0.15, 0.2) is 0 Å². The molecule has 2 rings (SSSR count). The Morgan fingerprint density at radius 1 is 1.22 bits per heavy atom. The summed E-state index contributed by atoms with van der Waals surface area (Å²) in [5.41, 5.74) is 7.52. The molecule has 0 aliphatic carbocycles. The zero-order chi connectivity index (χ0) is 12.8. The Morgan fingerprint density at radius 3 is 2.83 bits per heavy atom. The molecule has 4 nitrogen and oxygen atoms in total. The average molecular weight is 242 g/mol. The van der Waals surface area contributed by atoms with Crippen LogP contribution in [-0.4, -0.2) is 17.6 Å². The van der Waals surface area contributed by atoms with Crippen LogP contribution in [-0.2, 0) is 11.2 Å². The van der Waals surface area contributed by atoms with Gasteiger partial charge < -0.3 is 10.5 Å². The van der Waals surface area contributed by atoms with E-state index < -0.39 is 0 Å². The van der Waals surface area contributed by atoms with Gasteiger partial charge in [-0.3, -0.25) is 4.98 Å². The number of carbonyl (C=O) groups is 1. The third kappa shape index (κ3) is 3.31. The molecule has 0 aliphatic rings. The summed E-state index contributed by atoms with van der Waals surface area (Å²) in [4.78, 5) is 15.8. The molecule has 0 saturated heterocycles. The van der Waals surface area contributed by atoms with Crippen molar-refractivity contribution < 1.29 is 9.53 Å². The second-order valence-electron chi connectivity index (χ2n) is 3.83. The first-order chi connectivity index (χ1) is 8.75. The lowest BCUT2D eigenvalue weighted by Crippen LogP contribution is -2.09. The maximum absolute atomic E-state index is 11.7. The molecule has 18 heavy (non-hydrogen) atoms. The number of nitrogens with two attached hydrogens (primary N) is 1. The molecule has 0 radical (unpaired) electrons. The van der Waals surface area contributed by atoms with E-state index in [1.807, 2.05) is 18.2 Å². The van der Waals surface area contributed by atoms with Gasteiger partial charge in [-0.1, -0.05) is 12.1 Å². The van der Waals surface area contributed by atoms with Crippen LogP contribution in [0.2, 0.25) is 0 Å². The van der Waals surface area contributed by atoms with Crippen LogP contribution >= 0.6 is 0 Å². The van der Waals surface area contributed by atoms with Crippen molar-refractivity contribution in [2.24, 2.45) is 0 Å². The number of hydrogen-bond acceptors (Lipinski definition) is 4. The molecule has 1 heterocycles. The van der Waals surface area contributed by atoms with E-state index in [0.29, 0.717) is 24.3 Å². The SMILES string of the molecule is Nc1cccc(C(=O)OCCc2ccccn2)c1. The molecule has 0 saturated carbocycles. The van der Waals surface area contributed by atoms with Crippen LogP contribution in [0, 0.1) is 0 Å². The fraction of sp³-hybridized carbons (Fsp3) is 0.143. The second kappa shape index (κ2) is 5.82. The highest BCUT2D eigenvalue weighted by molar-refractivity contribution is 5.90. The van der Waals surface area contributed by atoms with Crippen molar-refractivity contribution in [3.63, 3.8) is 0 Å². The van der Waals surface area contributed by atoms with Crippen LogP contribution in [0.5, 0.6) is 0 Å². The monoisotopic (exact) mass is 242 g/mol. The minimum atomic E-state index is -0.363. The highest BCUT2D eigenvalue weighted by Gasteiger charge is 2.06. The molecule has 0 spiro atoms. The number of anilines is 1. The van der Waals surface area contributed by atoms with Gasteiger partial charge in [-0.2, -0.15) is 0 Å². The molecule has 0 fully saturated rings. The van der Waals surface area contributed by atoms with Crippen molar-refractivity contribution in [1.29, 1.82) is 0 Å². The standard InChI is InChI=1S/C14H14N2O2/c15-12-5-3-4-11(10-12)14(17)18-9-7-13-6-1-2-8-16-13/h1-6,8,10H,7,9,15H2. The number of hydrogen-bond donors (Lipinski definition) is 1. The van der Waals surface area contributed by atoms with Crippen LogP contribution in [0.15, 0.2) is 48.7 Å². The minimum Gasteiger partial charge on any atom is -0.462 e. The van der Waals surface area contributed by atoms with E-state index >= 15 is 0 Å². The number of pyridine rings is 1. The summed E-state index contributed by atoms with van der Waals surface area (Å²) in [7, 11) is 0. The van der Waals surface area contributed by atoms with Gasteiger partial charge in [0.25, 0.3) is 0 Å². The van der Waals surface area contributed by atoms with Crippen LogP contribution in [0.1, 0.15) is 16.1 Å². The smallest absolute Gasteiger partial charge is 0.338 e. The summed E-state index contributed by atoms with van der Waals surface area (Å²) in [6, 6.07) is 12.4. The third-order valence-corrected chi connectivity index (χ3v) is 2.44. The van der Waals surface area contributed by atoms with Gasteiger partial charge >= 0.3 is 5.97 Å². The number of aromatic nitrogens is 1. The van der Waals surface area contributed by atoms with Crippen LogP contribution in [0.3, 0.4) is 0 Å². The zero-order valence-corrected chi connectivity index (χ0v) is 9.87. The molecule has 0 atom stereocenters. The van der Waals surface area contributed by atoms with Crippen LogP contribution in [0.25, 0.3) is 0 Å². The molecule has 0 unspecified atom stereocenters. The largest absolute Gasteiger partial charge is 0.462 e. The molecule has 1 aromatic carbocycles. The molecule has 0 aliphatic heterocycles. The summed E-state index contributed by atoms with van der Waals surface area (Å²) >= 11 is 0. The van der Waals surface area contributed by atoms with Crippen molar-refractivity contribution >= 4 is 11.7 Å². The van der Waals surface area contributed by atoms with E-state index in [1.165, 1.54) is 0 Å². The Labute approximate surface area is 105 Å². The lowest BCUT2D eigenvalue weighted by molar-refractivity contribution is 0.0508. The quantitative estimate of drug-likeness (QED) is 0.658. The van der Waals surface area contributed by atoms with Crippen molar-refractivity contribution in [3.05, 3.63) is 59.9 Å². The van der Waals surface area contributed by atoms with Crippen molar-refractivity contribution in [2.45, 2.75) is 6.42 Å². The molecule has 1 aromatic heterocycles. The van der Waals surface area contributed by atoms with Gasteiger partial charge in [0.1, 0.15) is 0 Å². The Bertz CT molecular complexity index is 526. The summed E-state index contributed by atoms with van der Waals surface area (Å²) in [5.74, 6) is -0.363. The van der Waals surface area contributed by atoms with Crippen molar-refractivity contribution in [2.75, 3.05) is 12.3 Å². The van der Waals surface area contributed by atoms with Gasteiger partial charge in [-0.25, -0.2) is 4.79 Å². The number of nitrogen functional groups attached to an aromatic ring is 1. The van der Waals surface area contributed by atoms with Gasteiger partial charge in [0, 0.05) is 24.0 Å². The fourth-order valence-corrected chi connectivity index (χ4v) is 1.54. The Morgan fingerprint density at radius 2 is 2.11 bits per heavy atom. The average Bonchev–Trinajstić information content (AvgIpc) is 2.40. The summed E-state index contributed by atoms with van der Waals surface area (Å²) in [5, 5.41) is 0.